The average molecular weight is 268 g/mol. The maximum Gasteiger partial charge on any atom is 0.150 e. The predicted molar refractivity (Wildman–Crippen MR) is 78.7 cm³/mol. The molecule has 2 heteroatoms. The molecule has 0 amide bonds. The first-order valence-corrected chi connectivity index (χ1v) is 6.98. The third-order valence-electron chi connectivity index (χ3n) is 4.14. The number of carbonyl (C=O) groups is 1. The Kier molecular flexibility index (Phi) is 3.17. The maximum absolute atomic E-state index is 13.5. The van der Waals surface area contributed by atoms with E-state index in [4.69, 9.17) is 0 Å². The Labute approximate surface area is 118 Å². The van der Waals surface area contributed by atoms with Gasteiger partial charge in [-0.3, -0.25) is 4.79 Å². The second-order valence-corrected chi connectivity index (χ2v) is 5.59. The summed E-state index contributed by atoms with van der Waals surface area (Å²) in [5.74, 6) is -0.202. The van der Waals surface area contributed by atoms with Gasteiger partial charge in [0.2, 0.25) is 0 Å². The average Bonchev–Trinajstić information content (AvgIpc) is 2.85. The third-order valence-corrected chi connectivity index (χ3v) is 4.14. The maximum atomic E-state index is 13.5. The smallest absolute Gasteiger partial charge is 0.150 e. The fraction of sp³-hybridized carbons (Fsp3) is 0.278. The lowest BCUT2D eigenvalue weighted by Crippen LogP contribution is -1.97. The number of fused-ring (bicyclic) bond motifs is 1. The lowest BCUT2D eigenvalue weighted by atomic mass is 9.89. The summed E-state index contributed by atoms with van der Waals surface area (Å²) in [5, 5.41) is 0. The molecular formula is C18H17FO. The number of hydrogen-bond donors (Lipinski definition) is 0. The van der Waals surface area contributed by atoms with E-state index in [1.165, 1.54) is 11.1 Å². The van der Waals surface area contributed by atoms with Crippen LogP contribution >= 0.6 is 0 Å². The number of carbonyl (C=O) groups excluding carboxylic acids is 1. The molecule has 0 aliphatic heterocycles. The Morgan fingerprint density at radius 2 is 1.75 bits per heavy atom. The summed E-state index contributed by atoms with van der Waals surface area (Å²) in [5.41, 5.74) is 7.36. The zero-order valence-corrected chi connectivity index (χ0v) is 11.8. The molecule has 1 nitrogen and oxygen atoms in total. The number of rotatable bonds is 2. The Morgan fingerprint density at radius 1 is 1.05 bits per heavy atom. The van der Waals surface area contributed by atoms with E-state index in [-0.39, 0.29) is 5.82 Å². The molecule has 2 aromatic rings. The van der Waals surface area contributed by atoms with Gasteiger partial charge < -0.3 is 0 Å². The molecule has 0 saturated carbocycles. The summed E-state index contributed by atoms with van der Waals surface area (Å²) in [7, 11) is 0. The molecule has 0 fully saturated rings. The molecule has 102 valence electrons. The summed E-state index contributed by atoms with van der Waals surface area (Å²) in [6, 6.07) is 7.08. The monoisotopic (exact) mass is 268 g/mol. The molecular weight excluding hydrogens is 251 g/mol. The fourth-order valence-corrected chi connectivity index (χ4v) is 3.36. The minimum atomic E-state index is -0.202. The van der Waals surface area contributed by atoms with Crippen LogP contribution in [0, 0.1) is 19.7 Å². The zero-order chi connectivity index (χ0) is 14.3. The molecule has 0 bridgehead atoms. The van der Waals surface area contributed by atoms with E-state index >= 15 is 0 Å². The molecule has 0 N–H and O–H groups in total. The Bertz CT molecular complexity index is 678. The van der Waals surface area contributed by atoms with Crippen LogP contribution in [0.15, 0.2) is 24.3 Å². The first-order chi connectivity index (χ1) is 9.60. The lowest BCUT2D eigenvalue weighted by molar-refractivity contribution is 0.112. The molecule has 2 aromatic carbocycles. The van der Waals surface area contributed by atoms with Crippen molar-refractivity contribution in [1.82, 2.24) is 0 Å². The normalized spacial score (nSPS) is 13.3. The Hall–Kier alpha value is -1.96. The van der Waals surface area contributed by atoms with Gasteiger partial charge >= 0.3 is 0 Å². The van der Waals surface area contributed by atoms with E-state index < -0.39 is 0 Å². The zero-order valence-electron chi connectivity index (χ0n) is 11.8. The standard InChI is InChI=1S/C18H17FO/c1-11-6-15(19)7-12(2)18(11)17-9-13(10-20)8-14-4-3-5-16(14)17/h6-10H,3-5H2,1-2H3. The molecule has 0 atom stereocenters. The van der Waals surface area contributed by atoms with E-state index in [1.807, 2.05) is 26.0 Å². The summed E-state index contributed by atoms with van der Waals surface area (Å²) in [4.78, 5) is 11.2. The van der Waals surface area contributed by atoms with Crippen LogP contribution in [0.3, 0.4) is 0 Å². The second kappa shape index (κ2) is 4.86. The van der Waals surface area contributed by atoms with Crippen molar-refractivity contribution in [3.8, 4) is 11.1 Å². The van der Waals surface area contributed by atoms with Gasteiger partial charge in [0.25, 0.3) is 0 Å². The quantitative estimate of drug-likeness (QED) is 0.737. The SMILES string of the molecule is Cc1cc(F)cc(C)c1-c1cc(C=O)cc2c1CCC2. The summed E-state index contributed by atoms with van der Waals surface area (Å²) in [6.45, 7) is 3.86. The van der Waals surface area contributed by atoms with E-state index in [1.54, 1.807) is 12.1 Å². The molecule has 0 radical (unpaired) electrons. The number of halogens is 1. The predicted octanol–water partition coefficient (Wildman–Crippen LogP) is 4.41. The summed E-state index contributed by atoms with van der Waals surface area (Å²) < 4.78 is 13.5. The molecule has 3 rings (SSSR count). The van der Waals surface area contributed by atoms with Crippen molar-refractivity contribution in [2.75, 3.05) is 0 Å². The highest BCUT2D eigenvalue weighted by Crippen LogP contribution is 2.37. The molecule has 0 aromatic heterocycles. The molecule has 0 spiro atoms. The Balaban J connectivity index is 2.30. The van der Waals surface area contributed by atoms with Gasteiger partial charge in [-0.15, -0.1) is 0 Å². The summed E-state index contributed by atoms with van der Waals surface area (Å²) in [6.07, 6.45) is 4.10. The van der Waals surface area contributed by atoms with Crippen LogP contribution in [0.4, 0.5) is 4.39 Å². The fourth-order valence-electron chi connectivity index (χ4n) is 3.36. The van der Waals surface area contributed by atoms with Gasteiger partial charge in [-0.05, 0) is 90.8 Å². The van der Waals surface area contributed by atoms with Crippen LogP contribution in [0.2, 0.25) is 0 Å². The number of aldehydes is 1. The van der Waals surface area contributed by atoms with Gasteiger partial charge in [0.15, 0.2) is 0 Å². The first kappa shape index (κ1) is 13.0. The van der Waals surface area contributed by atoms with E-state index in [9.17, 15) is 9.18 Å². The van der Waals surface area contributed by atoms with Crippen molar-refractivity contribution < 1.29 is 9.18 Å². The molecule has 0 unspecified atom stereocenters. The number of hydrogen-bond acceptors (Lipinski definition) is 1. The highest BCUT2D eigenvalue weighted by atomic mass is 19.1. The van der Waals surface area contributed by atoms with Crippen molar-refractivity contribution in [2.24, 2.45) is 0 Å². The van der Waals surface area contributed by atoms with Crippen molar-refractivity contribution >= 4 is 6.29 Å². The molecule has 1 aliphatic rings. The van der Waals surface area contributed by atoms with E-state index in [0.29, 0.717) is 5.56 Å². The van der Waals surface area contributed by atoms with Crippen LogP contribution in [0.25, 0.3) is 11.1 Å². The van der Waals surface area contributed by atoms with Crippen LogP contribution in [0.5, 0.6) is 0 Å². The van der Waals surface area contributed by atoms with Crippen LogP contribution in [-0.2, 0) is 12.8 Å². The van der Waals surface area contributed by atoms with E-state index in [2.05, 4.69) is 0 Å². The number of aryl methyl sites for hydroxylation is 3. The highest BCUT2D eigenvalue weighted by molar-refractivity contribution is 5.83. The van der Waals surface area contributed by atoms with E-state index in [0.717, 1.165) is 47.8 Å². The van der Waals surface area contributed by atoms with Gasteiger partial charge in [0, 0.05) is 5.56 Å². The molecule has 0 heterocycles. The first-order valence-electron chi connectivity index (χ1n) is 6.98. The van der Waals surface area contributed by atoms with Gasteiger partial charge in [0.1, 0.15) is 12.1 Å². The minimum absolute atomic E-state index is 0.202. The van der Waals surface area contributed by atoms with Gasteiger partial charge in [-0.25, -0.2) is 4.39 Å². The van der Waals surface area contributed by atoms with Crippen LogP contribution < -0.4 is 0 Å². The van der Waals surface area contributed by atoms with Crippen molar-refractivity contribution in [3.05, 3.63) is 57.9 Å². The minimum Gasteiger partial charge on any atom is -0.298 e. The van der Waals surface area contributed by atoms with Crippen molar-refractivity contribution in [3.63, 3.8) is 0 Å². The summed E-state index contributed by atoms with van der Waals surface area (Å²) >= 11 is 0. The van der Waals surface area contributed by atoms with Crippen LogP contribution in [-0.4, -0.2) is 6.29 Å². The second-order valence-electron chi connectivity index (χ2n) is 5.59. The largest absolute Gasteiger partial charge is 0.298 e. The third kappa shape index (κ3) is 2.05. The van der Waals surface area contributed by atoms with Crippen LogP contribution in [0.1, 0.15) is 39.0 Å². The molecule has 20 heavy (non-hydrogen) atoms. The highest BCUT2D eigenvalue weighted by Gasteiger charge is 2.19. The lowest BCUT2D eigenvalue weighted by Gasteiger charge is -2.15. The number of benzene rings is 2. The van der Waals surface area contributed by atoms with Gasteiger partial charge in [0.05, 0.1) is 0 Å². The van der Waals surface area contributed by atoms with Crippen molar-refractivity contribution in [2.45, 2.75) is 33.1 Å². The molecule has 0 saturated heterocycles. The van der Waals surface area contributed by atoms with Gasteiger partial charge in [-0.1, -0.05) is 0 Å². The Morgan fingerprint density at radius 3 is 2.40 bits per heavy atom. The van der Waals surface area contributed by atoms with Gasteiger partial charge in [-0.2, -0.15) is 0 Å². The topological polar surface area (TPSA) is 17.1 Å². The molecule has 1 aliphatic carbocycles. The van der Waals surface area contributed by atoms with Crippen molar-refractivity contribution in [1.29, 1.82) is 0 Å².